The van der Waals surface area contributed by atoms with E-state index >= 15 is 0 Å². The van der Waals surface area contributed by atoms with E-state index in [0.29, 0.717) is 24.7 Å². The van der Waals surface area contributed by atoms with Gasteiger partial charge in [-0.3, -0.25) is 0 Å². The molecule has 3 heterocycles. The van der Waals surface area contributed by atoms with Gasteiger partial charge in [-0.2, -0.15) is 11.3 Å². The molecule has 4 nitrogen and oxygen atoms in total. The Morgan fingerprint density at radius 3 is 2.86 bits per heavy atom. The zero-order valence-electron chi connectivity index (χ0n) is 15.6. The van der Waals surface area contributed by atoms with Crippen molar-refractivity contribution in [3.8, 4) is 22.8 Å². The van der Waals surface area contributed by atoms with Gasteiger partial charge in [-0.15, -0.1) is 0 Å². The lowest BCUT2D eigenvalue weighted by molar-refractivity contribution is 0.0902. The topological polar surface area (TPSA) is 43.4 Å². The number of fused-ring (bicyclic) bond motifs is 2. The summed E-state index contributed by atoms with van der Waals surface area (Å²) in [6.45, 7) is 1.92. The van der Waals surface area contributed by atoms with Crippen LogP contribution < -0.4 is 14.8 Å². The Balaban J connectivity index is 1.35. The van der Waals surface area contributed by atoms with Crippen molar-refractivity contribution in [1.29, 1.82) is 0 Å². The van der Waals surface area contributed by atoms with Crippen LogP contribution in [0.15, 0.2) is 65.4 Å². The molecule has 6 heteroatoms. The zero-order chi connectivity index (χ0) is 19.6. The Kier molecular flexibility index (Phi) is 5.10. The van der Waals surface area contributed by atoms with Crippen LogP contribution in [0.4, 0.5) is 0 Å². The minimum absolute atomic E-state index is 0.0262. The maximum atomic E-state index is 6.17. The number of nitrogens with zero attached hydrogens (tertiary/aromatic N) is 1. The summed E-state index contributed by atoms with van der Waals surface area (Å²) >= 11 is 7.83. The van der Waals surface area contributed by atoms with Gasteiger partial charge in [-0.25, -0.2) is 4.98 Å². The molecule has 146 valence electrons. The minimum atomic E-state index is -0.0262. The van der Waals surface area contributed by atoms with E-state index in [1.807, 2.05) is 42.5 Å². The second kappa shape index (κ2) is 8.03. The minimum Gasteiger partial charge on any atom is -0.486 e. The summed E-state index contributed by atoms with van der Waals surface area (Å²) in [5.74, 6) is 1.61. The molecule has 0 fully saturated rings. The summed E-state index contributed by atoms with van der Waals surface area (Å²) < 4.78 is 11.8. The van der Waals surface area contributed by atoms with Gasteiger partial charge in [0.25, 0.3) is 0 Å². The van der Waals surface area contributed by atoms with Gasteiger partial charge >= 0.3 is 0 Å². The molecule has 1 N–H and O–H groups in total. The van der Waals surface area contributed by atoms with Crippen molar-refractivity contribution in [3.05, 3.63) is 75.9 Å². The number of pyridine rings is 1. The predicted molar refractivity (Wildman–Crippen MR) is 118 cm³/mol. The van der Waals surface area contributed by atoms with E-state index in [2.05, 4.69) is 28.2 Å². The molecule has 0 saturated carbocycles. The van der Waals surface area contributed by atoms with Gasteiger partial charge in [0, 0.05) is 34.4 Å². The number of hydrogen-bond acceptors (Lipinski definition) is 5. The molecule has 1 aliphatic heterocycles. The van der Waals surface area contributed by atoms with Gasteiger partial charge in [0.1, 0.15) is 12.7 Å². The molecular weight excluding hydrogens is 404 g/mol. The molecular formula is C23H19ClN2O2S. The summed E-state index contributed by atoms with van der Waals surface area (Å²) in [5, 5.41) is 9.48. The lowest BCUT2D eigenvalue weighted by Crippen LogP contribution is -2.38. The van der Waals surface area contributed by atoms with Crippen LogP contribution >= 0.6 is 22.9 Å². The van der Waals surface area contributed by atoms with E-state index in [9.17, 15) is 0 Å². The summed E-state index contributed by atoms with van der Waals surface area (Å²) in [5.41, 5.74) is 4.16. The standard InChI is InChI=1S/C23H19ClN2O2S/c24-18-6-5-15-9-17(23(26-20(15)10-18)16-7-8-29-14-16)11-25-12-19-13-27-21-3-1-2-4-22(21)28-19/h1-10,14,19,25H,11-13H2/t19-/m1/s1. The summed E-state index contributed by atoms with van der Waals surface area (Å²) in [6, 6.07) is 17.9. The lowest BCUT2D eigenvalue weighted by Gasteiger charge is -2.26. The SMILES string of the molecule is Clc1ccc2cc(CNC[C@@H]3COc4ccccc4O3)c(-c3ccsc3)nc2c1. The van der Waals surface area contributed by atoms with Gasteiger partial charge in [0.2, 0.25) is 0 Å². The normalized spacial score (nSPS) is 15.6. The van der Waals surface area contributed by atoms with Crippen molar-refractivity contribution in [2.45, 2.75) is 12.6 Å². The quantitative estimate of drug-likeness (QED) is 0.458. The number of benzene rings is 2. The number of aromatic nitrogens is 1. The third-order valence-corrected chi connectivity index (χ3v) is 5.83. The Hall–Kier alpha value is -2.60. The van der Waals surface area contributed by atoms with E-state index in [-0.39, 0.29) is 6.10 Å². The first kappa shape index (κ1) is 18.4. The number of hydrogen-bond donors (Lipinski definition) is 1. The fourth-order valence-corrected chi connectivity index (χ4v) is 4.31. The molecule has 0 saturated heterocycles. The molecule has 0 radical (unpaired) electrons. The van der Waals surface area contributed by atoms with Crippen molar-refractivity contribution in [1.82, 2.24) is 10.3 Å². The van der Waals surface area contributed by atoms with Crippen molar-refractivity contribution >= 4 is 33.8 Å². The Bertz CT molecular complexity index is 1150. The van der Waals surface area contributed by atoms with Crippen molar-refractivity contribution in [2.75, 3.05) is 13.2 Å². The highest BCUT2D eigenvalue weighted by molar-refractivity contribution is 7.08. The second-order valence-corrected chi connectivity index (χ2v) is 8.19. The lowest BCUT2D eigenvalue weighted by atomic mass is 10.1. The number of thiophene rings is 1. The van der Waals surface area contributed by atoms with Gasteiger partial charge in [0.15, 0.2) is 11.5 Å². The van der Waals surface area contributed by atoms with E-state index in [1.54, 1.807) is 11.3 Å². The fraction of sp³-hybridized carbons (Fsp3) is 0.174. The first-order valence-electron chi connectivity index (χ1n) is 9.47. The van der Waals surface area contributed by atoms with E-state index in [0.717, 1.165) is 39.2 Å². The molecule has 1 atom stereocenters. The van der Waals surface area contributed by atoms with Crippen LogP contribution in [0.2, 0.25) is 5.02 Å². The number of rotatable bonds is 5. The average molecular weight is 423 g/mol. The molecule has 2 aromatic carbocycles. The number of para-hydroxylation sites is 2. The first-order valence-corrected chi connectivity index (χ1v) is 10.8. The van der Waals surface area contributed by atoms with Gasteiger partial charge in [-0.1, -0.05) is 29.8 Å². The molecule has 0 amide bonds. The van der Waals surface area contributed by atoms with Crippen LogP contribution in [0.3, 0.4) is 0 Å². The number of nitrogens with one attached hydrogen (secondary N) is 1. The summed E-state index contributed by atoms with van der Waals surface area (Å²) in [7, 11) is 0. The van der Waals surface area contributed by atoms with E-state index < -0.39 is 0 Å². The maximum absolute atomic E-state index is 6.17. The van der Waals surface area contributed by atoms with Crippen LogP contribution in [-0.4, -0.2) is 24.2 Å². The van der Waals surface area contributed by atoms with Crippen LogP contribution in [0.5, 0.6) is 11.5 Å². The highest BCUT2D eigenvalue weighted by Crippen LogP contribution is 2.31. The molecule has 0 bridgehead atoms. The van der Waals surface area contributed by atoms with Gasteiger partial charge < -0.3 is 14.8 Å². The van der Waals surface area contributed by atoms with E-state index in [4.69, 9.17) is 26.1 Å². The Labute approximate surface area is 178 Å². The second-order valence-electron chi connectivity index (χ2n) is 6.97. The number of halogens is 1. The third kappa shape index (κ3) is 3.94. The number of ether oxygens (including phenoxy) is 2. The Morgan fingerprint density at radius 1 is 1.10 bits per heavy atom. The highest BCUT2D eigenvalue weighted by Gasteiger charge is 2.20. The third-order valence-electron chi connectivity index (χ3n) is 4.91. The largest absolute Gasteiger partial charge is 0.486 e. The Morgan fingerprint density at radius 2 is 2.00 bits per heavy atom. The predicted octanol–water partition coefficient (Wildman–Crippen LogP) is 5.55. The molecule has 0 unspecified atom stereocenters. The smallest absolute Gasteiger partial charge is 0.161 e. The van der Waals surface area contributed by atoms with Gasteiger partial charge in [-0.05, 0) is 47.3 Å². The highest BCUT2D eigenvalue weighted by atomic mass is 35.5. The maximum Gasteiger partial charge on any atom is 0.161 e. The summed E-state index contributed by atoms with van der Waals surface area (Å²) in [4.78, 5) is 4.90. The van der Waals surface area contributed by atoms with Crippen LogP contribution in [0.25, 0.3) is 22.2 Å². The summed E-state index contributed by atoms with van der Waals surface area (Å²) in [6.07, 6.45) is -0.0262. The van der Waals surface area contributed by atoms with Crippen molar-refractivity contribution in [3.63, 3.8) is 0 Å². The zero-order valence-corrected chi connectivity index (χ0v) is 17.2. The first-order chi connectivity index (χ1) is 14.3. The molecule has 4 aromatic rings. The molecule has 5 rings (SSSR count). The average Bonchev–Trinajstić information content (AvgIpc) is 3.28. The molecule has 2 aromatic heterocycles. The monoisotopic (exact) mass is 422 g/mol. The van der Waals surface area contributed by atoms with E-state index in [1.165, 1.54) is 0 Å². The molecule has 0 spiro atoms. The van der Waals surface area contributed by atoms with Crippen LogP contribution in [0, 0.1) is 0 Å². The van der Waals surface area contributed by atoms with Crippen molar-refractivity contribution < 1.29 is 9.47 Å². The van der Waals surface area contributed by atoms with Gasteiger partial charge in [0.05, 0.1) is 11.2 Å². The fourth-order valence-electron chi connectivity index (χ4n) is 3.50. The van der Waals surface area contributed by atoms with Crippen LogP contribution in [-0.2, 0) is 6.54 Å². The van der Waals surface area contributed by atoms with Crippen molar-refractivity contribution in [2.24, 2.45) is 0 Å². The molecule has 1 aliphatic rings. The molecule has 0 aliphatic carbocycles. The molecule has 29 heavy (non-hydrogen) atoms. The van der Waals surface area contributed by atoms with Crippen LogP contribution in [0.1, 0.15) is 5.56 Å².